The molecule has 2 atom stereocenters. The number of nitrogens with zero attached hydrogens (tertiary/aromatic N) is 1. The Kier molecular flexibility index (Phi) is 3.10. The van der Waals surface area contributed by atoms with Gasteiger partial charge in [0.05, 0.1) is 0 Å². The monoisotopic (exact) mass is 192 g/mol. The Labute approximate surface area is 87.1 Å². The molecule has 1 N–H and O–H groups in total. The number of piperazine rings is 1. The molecule has 1 heterocycles. The van der Waals surface area contributed by atoms with Gasteiger partial charge in [0.15, 0.2) is 0 Å². The third-order valence-corrected chi connectivity index (χ3v) is 3.46. The van der Waals surface area contributed by atoms with Crippen molar-refractivity contribution in [2.45, 2.75) is 38.3 Å². The van der Waals surface area contributed by atoms with Gasteiger partial charge in [0.2, 0.25) is 0 Å². The van der Waals surface area contributed by atoms with Gasteiger partial charge >= 0.3 is 0 Å². The van der Waals surface area contributed by atoms with E-state index in [2.05, 4.69) is 23.1 Å². The summed E-state index contributed by atoms with van der Waals surface area (Å²) in [6, 6.07) is 1.30. The smallest absolute Gasteiger partial charge is 0.0240 e. The van der Waals surface area contributed by atoms with E-state index in [0.29, 0.717) is 6.04 Å². The fourth-order valence-electron chi connectivity index (χ4n) is 2.32. The molecule has 1 aliphatic carbocycles. The van der Waals surface area contributed by atoms with E-state index in [-0.39, 0.29) is 0 Å². The van der Waals surface area contributed by atoms with E-state index in [9.17, 15) is 0 Å². The van der Waals surface area contributed by atoms with Gasteiger partial charge in [0, 0.05) is 38.1 Å². The Morgan fingerprint density at radius 1 is 1.57 bits per heavy atom. The summed E-state index contributed by atoms with van der Waals surface area (Å²) in [5.74, 6) is 3.72. The maximum Gasteiger partial charge on any atom is 0.0240 e. The third kappa shape index (κ3) is 2.29. The van der Waals surface area contributed by atoms with Crippen LogP contribution in [0.3, 0.4) is 0 Å². The number of hydrogen-bond acceptors (Lipinski definition) is 2. The van der Waals surface area contributed by atoms with Crippen LogP contribution in [0.1, 0.15) is 26.2 Å². The van der Waals surface area contributed by atoms with Crippen LogP contribution in [0.15, 0.2) is 0 Å². The van der Waals surface area contributed by atoms with Crippen molar-refractivity contribution in [3.8, 4) is 12.3 Å². The van der Waals surface area contributed by atoms with Crippen LogP contribution < -0.4 is 5.32 Å². The molecule has 2 aliphatic rings. The molecule has 14 heavy (non-hydrogen) atoms. The standard InChI is InChI=1S/C12H20N2/c1-3-4-10(2)14-8-7-13-12(9-14)11-5-6-11/h1,10-13H,4-9H2,2H3. The maximum atomic E-state index is 5.35. The zero-order chi connectivity index (χ0) is 9.97. The zero-order valence-electron chi connectivity index (χ0n) is 9.00. The summed E-state index contributed by atoms with van der Waals surface area (Å²) < 4.78 is 0. The summed E-state index contributed by atoms with van der Waals surface area (Å²) in [6.45, 7) is 5.74. The van der Waals surface area contributed by atoms with E-state index < -0.39 is 0 Å². The Morgan fingerprint density at radius 2 is 2.36 bits per heavy atom. The normalized spacial score (nSPS) is 31.0. The van der Waals surface area contributed by atoms with Gasteiger partial charge in [-0.3, -0.25) is 4.90 Å². The summed E-state index contributed by atoms with van der Waals surface area (Å²) in [6.07, 6.45) is 9.09. The maximum absolute atomic E-state index is 5.35. The lowest BCUT2D eigenvalue weighted by atomic mass is 10.1. The van der Waals surface area contributed by atoms with Gasteiger partial charge in [-0.05, 0) is 25.7 Å². The van der Waals surface area contributed by atoms with Crippen molar-refractivity contribution in [2.75, 3.05) is 19.6 Å². The molecule has 0 aromatic rings. The number of hydrogen-bond donors (Lipinski definition) is 1. The molecular weight excluding hydrogens is 172 g/mol. The predicted molar refractivity (Wildman–Crippen MR) is 59.0 cm³/mol. The molecular formula is C12H20N2. The van der Waals surface area contributed by atoms with Crippen LogP contribution >= 0.6 is 0 Å². The zero-order valence-corrected chi connectivity index (χ0v) is 9.00. The second-order valence-electron chi connectivity index (χ2n) is 4.65. The van der Waals surface area contributed by atoms with Crippen molar-refractivity contribution in [2.24, 2.45) is 5.92 Å². The van der Waals surface area contributed by atoms with Gasteiger partial charge < -0.3 is 5.32 Å². The second kappa shape index (κ2) is 4.33. The first kappa shape index (κ1) is 10.0. The van der Waals surface area contributed by atoms with E-state index >= 15 is 0 Å². The van der Waals surface area contributed by atoms with Crippen molar-refractivity contribution in [1.29, 1.82) is 0 Å². The van der Waals surface area contributed by atoms with E-state index in [0.717, 1.165) is 31.5 Å². The fraction of sp³-hybridized carbons (Fsp3) is 0.833. The highest BCUT2D eigenvalue weighted by molar-refractivity contribution is 4.95. The van der Waals surface area contributed by atoms with E-state index in [4.69, 9.17) is 6.42 Å². The van der Waals surface area contributed by atoms with Gasteiger partial charge in [0.1, 0.15) is 0 Å². The molecule has 0 aromatic heterocycles. The van der Waals surface area contributed by atoms with E-state index in [1.807, 2.05) is 0 Å². The molecule has 0 radical (unpaired) electrons. The minimum atomic E-state index is 0.559. The second-order valence-corrected chi connectivity index (χ2v) is 4.65. The first-order valence-corrected chi connectivity index (χ1v) is 5.72. The highest BCUT2D eigenvalue weighted by atomic mass is 15.2. The molecule has 1 saturated heterocycles. The molecule has 0 amide bonds. The van der Waals surface area contributed by atoms with Crippen molar-refractivity contribution in [3.05, 3.63) is 0 Å². The molecule has 78 valence electrons. The molecule has 2 fully saturated rings. The summed E-state index contributed by atoms with van der Waals surface area (Å²) in [4.78, 5) is 2.54. The largest absolute Gasteiger partial charge is 0.311 e. The molecule has 1 aliphatic heterocycles. The van der Waals surface area contributed by atoms with Crippen LogP contribution in [0.2, 0.25) is 0 Å². The minimum absolute atomic E-state index is 0.559. The molecule has 2 unspecified atom stereocenters. The molecule has 2 nitrogen and oxygen atoms in total. The Hall–Kier alpha value is -0.520. The summed E-state index contributed by atoms with van der Waals surface area (Å²) in [5, 5.41) is 3.61. The number of rotatable bonds is 3. The summed E-state index contributed by atoms with van der Waals surface area (Å²) >= 11 is 0. The van der Waals surface area contributed by atoms with Crippen molar-refractivity contribution in [3.63, 3.8) is 0 Å². The molecule has 2 rings (SSSR count). The first-order chi connectivity index (χ1) is 6.81. The van der Waals surface area contributed by atoms with Crippen LogP contribution in [0.4, 0.5) is 0 Å². The van der Waals surface area contributed by atoms with Crippen LogP contribution in [0.25, 0.3) is 0 Å². The first-order valence-electron chi connectivity index (χ1n) is 5.72. The van der Waals surface area contributed by atoms with E-state index in [1.165, 1.54) is 19.4 Å². The van der Waals surface area contributed by atoms with Crippen molar-refractivity contribution < 1.29 is 0 Å². The van der Waals surface area contributed by atoms with Crippen LogP contribution in [-0.4, -0.2) is 36.6 Å². The van der Waals surface area contributed by atoms with Crippen LogP contribution in [-0.2, 0) is 0 Å². The Bertz CT molecular complexity index is 227. The van der Waals surface area contributed by atoms with Crippen LogP contribution in [0, 0.1) is 18.3 Å². The quantitative estimate of drug-likeness (QED) is 0.673. The topological polar surface area (TPSA) is 15.3 Å². The van der Waals surface area contributed by atoms with Crippen molar-refractivity contribution in [1.82, 2.24) is 10.2 Å². The lowest BCUT2D eigenvalue weighted by molar-refractivity contribution is 0.146. The molecule has 0 bridgehead atoms. The Balaban J connectivity index is 1.83. The van der Waals surface area contributed by atoms with Gasteiger partial charge in [0.25, 0.3) is 0 Å². The number of nitrogens with one attached hydrogen (secondary N) is 1. The Morgan fingerprint density at radius 3 is 3.00 bits per heavy atom. The molecule has 2 heteroatoms. The molecule has 0 spiro atoms. The molecule has 0 aromatic carbocycles. The highest BCUT2D eigenvalue weighted by Crippen LogP contribution is 2.33. The summed E-state index contributed by atoms with van der Waals surface area (Å²) in [7, 11) is 0. The van der Waals surface area contributed by atoms with Gasteiger partial charge in [-0.25, -0.2) is 0 Å². The minimum Gasteiger partial charge on any atom is -0.311 e. The average molecular weight is 192 g/mol. The van der Waals surface area contributed by atoms with E-state index in [1.54, 1.807) is 0 Å². The summed E-state index contributed by atoms with van der Waals surface area (Å²) in [5.41, 5.74) is 0. The van der Waals surface area contributed by atoms with Crippen molar-refractivity contribution >= 4 is 0 Å². The fourth-order valence-corrected chi connectivity index (χ4v) is 2.32. The SMILES string of the molecule is C#CCC(C)N1CCNC(C2CC2)C1. The predicted octanol–water partition coefficient (Wildman–Crippen LogP) is 1.08. The van der Waals surface area contributed by atoms with Gasteiger partial charge in [-0.2, -0.15) is 0 Å². The van der Waals surface area contributed by atoms with Crippen LogP contribution in [0.5, 0.6) is 0 Å². The lowest BCUT2D eigenvalue weighted by Crippen LogP contribution is -2.54. The van der Waals surface area contributed by atoms with Gasteiger partial charge in [-0.1, -0.05) is 0 Å². The average Bonchev–Trinajstić information content (AvgIpc) is 3.02. The third-order valence-electron chi connectivity index (χ3n) is 3.46. The highest BCUT2D eigenvalue weighted by Gasteiger charge is 2.34. The number of terminal acetylenes is 1. The lowest BCUT2D eigenvalue weighted by Gasteiger charge is -2.37. The molecule has 1 saturated carbocycles. The van der Waals surface area contributed by atoms with Gasteiger partial charge in [-0.15, -0.1) is 12.3 Å².